The Balaban J connectivity index is 2.55. The van der Waals surface area contributed by atoms with Crippen LogP contribution in [0.4, 0.5) is 4.39 Å². The molecule has 1 aromatic carbocycles. The van der Waals surface area contributed by atoms with E-state index >= 15 is 0 Å². The van der Waals surface area contributed by atoms with E-state index in [0.29, 0.717) is 18.7 Å². The summed E-state index contributed by atoms with van der Waals surface area (Å²) in [5.41, 5.74) is 0.417. The van der Waals surface area contributed by atoms with Gasteiger partial charge in [-0.25, -0.2) is 4.39 Å². The van der Waals surface area contributed by atoms with Gasteiger partial charge in [0.05, 0.1) is 12.1 Å². The van der Waals surface area contributed by atoms with Gasteiger partial charge in [-0.2, -0.15) is 5.26 Å². The summed E-state index contributed by atoms with van der Waals surface area (Å²) in [4.78, 5) is 13.4. The van der Waals surface area contributed by atoms with Crippen molar-refractivity contribution in [3.63, 3.8) is 0 Å². The van der Waals surface area contributed by atoms with Crippen molar-refractivity contribution in [3.05, 3.63) is 35.1 Å². The molecule has 0 aliphatic heterocycles. The van der Waals surface area contributed by atoms with E-state index < -0.39 is 5.82 Å². The van der Waals surface area contributed by atoms with Gasteiger partial charge in [-0.1, -0.05) is 12.1 Å². The molecule has 0 aromatic heterocycles. The standard InChI is InChI=1S/C14H18FN3O/c1-3-18(4-2)13(19)10-17-9-12-7-5-6-11(8-16)14(12)15/h5-7,17H,3-4,9-10H2,1-2H3. The summed E-state index contributed by atoms with van der Waals surface area (Å²) in [6.45, 7) is 5.55. The number of nitrogens with one attached hydrogen (secondary N) is 1. The summed E-state index contributed by atoms with van der Waals surface area (Å²) >= 11 is 0. The second-order valence-electron chi connectivity index (χ2n) is 4.06. The molecule has 19 heavy (non-hydrogen) atoms. The first-order valence-electron chi connectivity index (χ1n) is 6.30. The van der Waals surface area contributed by atoms with Crippen molar-refractivity contribution in [1.29, 1.82) is 5.26 Å². The van der Waals surface area contributed by atoms with Crippen LogP contribution in [0.5, 0.6) is 0 Å². The maximum absolute atomic E-state index is 13.7. The Hall–Kier alpha value is -1.93. The molecule has 1 aromatic rings. The molecular formula is C14H18FN3O. The molecule has 5 heteroatoms. The lowest BCUT2D eigenvalue weighted by molar-refractivity contribution is -0.129. The minimum Gasteiger partial charge on any atom is -0.342 e. The van der Waals surface area contributed by atoms with Gasteiger partial charge in [-0.3, -0.25) is 4.79 Å². The van der Waals surface area contributed by atoms with Gasteiger partial charge in [0.15, 0.2) is 0 Å². The lowest BCUT2D eigenvalue weighted by atomic mass is 10.1. The smallest absolute Gasteiger partial charge is 0.236 e. The van der Waals surface area contributed by atoms with E-state index in [4.69, 9.17) is 5.26 Å². The molecule has 0 aliphatic rings. The largest absolute Gasteiger partial charge is 0.342 e. The molecule has 0 atom stereocenters. The van der Waals surface area contributed by atoms with Crippen molar-refractivity contribution in [2.24, 2.45) is 0 Å². The summed E-state index contributed by atoms with van der Waals surface area (Å²) in [5.74, 6) is -0.533. The highest BCUT2D eigenvalue weighted by atomic mass is 19.1. The fraction of sp³-hybridized carbons (Fsp3) is 0.429. The van der Waals surface area contributed by atoms with Crippen LogP contribution in [0.1, 0.15) is 25.0 Å². The van der Waals surface area contributed by atoms with Gasteiger partial charge in [-0.05, 0) is 19.9 Å². The van der Waals surface area contributed by atoms with Gasteiger partial charge >= 0.3 is 0 Å². The summed E-state index contributed by atoms with van der Waals surface area (Å²) in [6, 6.07) is 6.46. The Morgan fingerprint density at radius 3 is 2.68 bits per heavy atom. The van der Waals surface area contributed by atoms with Gasteiger partial charge in [0.1, 0.15) is 11.9 Å². The number of rotatable bonds is 6. The predicted molar refractivity (Wildman–Crippen MR) is 70.7 cm³/mol. The number of hydrogen-bond acceptors (Lipinski definition) is 3. The van der Waals surface area contributed by atoms with E-state index in [0.717, 1.165) is 0 Å². The number of amides is 1. The first kappa shape index (κ1) is 15.1. The molecule has 0 saturated carbocycles. The summed E-state index contributed by atoms with van der Waals surface area (Å²) in [7, 11) is 0. The van der Waals surface area contributed by atoms with Crippen LogP contribution in [-0.4, -0.2) is 30.4 Å². The average Bonchev–Trinajstić information content (AvgIpc) is 2.42. The van der Waals surface area contributed by atoms with Crippen LogP contribution in [0.15, 0.2) is 18.2 Å². The highest BCUT2D eigenvalue weighted by Crippen LogP contribution is 2.11. The maximum Gasteiger partial charge on any atom is 0.236 e. The summed E-state index contributed by atoms with van der Waals surface area (Å²) in [6.07, 6.45) is 0. The Labute approximate surface area is 112 Å². The highest BCUT2D eigenvalue weighted by molar-refractivity contribution is 5.78. The third kappa shape index (κ3) is 4.04. The molecule has 0 spiro atoms. The predicted octanol–water partition coefficient (Wildman–Crippen LogP) is 1.66. The number of nitrogens with zero attached hydrogens (tertiary/aromatic N) is 2. The van der Waals surface area contributed by atoms with Gasteiger partial charge in [-0.15, -0.1) is 0 Å². The lowest BCUT2D eigenvalue weighted by Crippen LogP contribution is -2.37. The number of hydrogen-bond donors (Lipinski definition) is 1. The molecule has 1 rings (SSSR count). The molecule has 0 fully saturated rings. The fourth-order valence-corrected chi connectivity index (χ4v) is 1.79. The maximum atomic E-state index is 13.7. The van der Waals surface area contributed by atoms with E-state index in [1.54, 1.807) is 23.1 Å². The van der Waals surface area contributed by atoms with Crippen LogP contribution < -0.4 is 5.32 Å². The third-order valence-electron chi connectivity index (χ3n) is 2.91. The normalized spacial score (nSPS) is 10.0. The van der Waals surface area contributed by atoms with Gasteiger partial charge < -0.3 is 10.2 Å². The number of nitriles is 1. The second-order valence-corrected chi connectivity index (χ2v) is 4.06. The molecule has 4 nitrogen and oxygen atoms in total. The molecule has 0 bridgehead atoms. The number of likely N-dealkylation sites (N-methyl/N-ethyl adjacent to an activating group) is 1. The first-order valence-corrected chi connectivity index (χ1v) is 6.30. The van der Waals surface area contributed by atoms with Crippen LogP contribution in [0, 0.1) is 17.1 Å². The number of halogens is 1. The molecule has 0 saturated heterocycles. The first-order chi connectivity index (χ1) is 9.13. The molecule has 0 heterocycles. The molecule has 0 unspecified atom stereocenters. The van der Waals surface area contributed by atoms with Crippen molar-refractivity contribution in [2.75, 3.05) is 19.6 Å². The van der Waals surface area contributed by atoms with Crippen LogP contribution >= 0.6 is 0 Å². The van der Waals surface area contributed by atoms with E-state index in [9.17, 15) is 9.18 Å². The van der Waals surface area contributed by atoms with Crippen LogP contribution in [0.2, 0.25) is 0 Å². The average molecular weight is 263 g/mol. The van der Waals surface area contributed by atoms with Gasteiger partial charge in [0.25, 0.3) is 0 Å². The monoisotopic (exact) mass is 263 g/mol. The van der Waals surface area contributed by atoms with Crippen molar-refractivity contribution < 1.29 is 9.18 Å². The zero-order chi connectivity index (χ0) is 14.3. The quantitative estimate of drug-likeness (QED) is 0.849. The fourth-order valence-electron chi connectivity index (χ4n) is 1.79. The Morgan fingerprint density at radius 1 is 1.42 bits per heavy atom. The molecule has 0 radical (unpaired) electrons. The minimum atomic E-state index is -0.521. The molecule has 0 aliphatic carbocycles. The van der Waals surface area contributed by atoms with Crippen molar-refractivity contribution in [1.82, 2.24) is 10.2 Å². The van der Waals surface area contributed by atoms with Crippen molar-refractivity contribution in [2.45, 2.75) is 20.4 Å². The second kappa shape index (κ2) is 7.49. The summed E-state index contributed by atoms with van der Waals surface area (Å²) < 4.78 is 13.7. The van der Waals surface area contributed by atoms with Crippen LogP contribution in [0.25, 0.3) is 0 Å². The molecule has 102 valence electrons. The minimum absolute atomic E-state index is 0.0122. The van der Waals surface area contributed by atoms with E-state index in [1.807, 2.05) is 13.8 Å². The van der Waals surface area contributed by atoms with Gasteiger partial charge in [0, 0.05) is 25.2 Å². The van der Waals surface area contributed by atoms with Crippen molar-refractivity contribution >= 4 is 5.91 Å². The lowest BCUT2D eigenvalue weighted by Gasteiger charge is -2.18. The topological polar surface area (TPSA) is 56.1 Å². The summed E-state index contributed by atoms with van der Waals surface area (Å²) in [5, 5.41) is 11.6. The molecular weight excluding hydrogens is 245 g/mol. The Bertz CT molecular complexity index is 478. The number of benzene rings is 1. The Morgan fingerprint density at radius 2 is 2.11 bits per heavy atom. The van der Waals surface area contributed by atoms with Gasteiger partial charge in [0.2, 0.25) is 5.91 Å². The number of carbonyl (C=O) groups is 1. The highest BCUT2D eigenvalue weighted by Gasteiger charge is 2.10. The zero-order valence-corrected chi connectivity index (χ0v) is 11.2. The van der Waals surface area contributed by atoms with E-state index in [1.165, 1.54) is 6.07 Å². The van der Waals surface area contributed by atoms with Crippen LogP contribution in [0.3, 0.4) is 0 Å². The molecule has 1 N–H and O–H groups in total. The van der Waals surface area contributed by atoms with E-state index in [-0.39, 0.29) is 24.6 Å². The SMILES string of the molecule is CCN(CC)C(=O)CNCc1cccc(C#N)c1F. The zero-order valence-electron chi connectivity index (χ0n) is 11.2. The third-order valence-corrected chi connectivity index (χ3v) is 2.91. The Kier molecular flexibility index (Phi) is 5.97. The van der Waals surface area contributed by atoms with E-state index in [2.05, 4.69) is 5.32 Å². The number of carbonyl (C=O) groups excluding carboxylic acids is 1. The molecule has 1 amide bonds. The van der Waals surface area contributed by atoms with Crippen LogP contribution in [-0.2, 0) is 11.3 Å². The van der Waals surface area contributed by atoms with Crippen molar-refractivity contribution in [3.8, 4) is 6.07 Å².